The fourth-order valence-electron chi connectivity index (χ4n) is 2.10. The molecular formula is C13H18N2O5. The van der Waals surface area contributed by atoms with Crippen molar-refractivity contribution in [3.63, 3.8) is 0 Å². The highest BCUT2D eigenvalue weighted by Crippen LogP contribution is 2.08. The van der Waals surface area contributed by atoms with E-state index in [0.29, 0.717) is 32.0 Å². The van der Waals surface area contributed by atoms with Gasteiger partial charge in [-0.3, -0.25) is 14.5 Å². The molecule has 1 aromatic heterocycles. The second-order valence-corrected chi connectivity index (χ2v) is 4.68. The van der Waals surface area contributed by atoms with Gasteiger partial charge in [-0.1, -0.05) is 0 Å². The molecular weight excluding hydrogens is 264 g/mol. The first-order chi connectivity index (χ1) is 9.63. The van der Waals surface area contributed by atoms with Crippen LogP contribution in [-0.4, -0.2) is 54.2 Å². The summed E-state index contributed by atoms with van der Waals surface area (Å²) in [4.78, 5) is 24.3. The van der Waals surface area contributed by atoms with Crippen LogP contribution in [0.1, 0.15) is 12.2 Å². The van der Waals surface area contributed by atoms with Gasteiger partial charge in [0, 0.05) is 13.1 Å². The summed E-state index contributed by atoms with van der Waals surface area (Å²) >= 11 is 0. The number of carbonyl (C=O) groups is 2. The molecule has 110 valence electrons. The van der Waals surface area contributed by atoms with Crippen LogP contribution in [-0.2, 0) is 20.9 Å². The Morgan fingerprint density at radius 2 is 2.35 bits per heavy atom. The Labute approximate surface area is 116 Å². The number of morpholine rings is 1. The molecule has 7 heteroatoms. The molecule has 0 bridgehead atoms. The first-order valence-corrected chi connectivity index (χ1v) is 6.48. The van der Waals surface area contributed by atoms with E-state index in [-0.39, 0.29) is 25.0 Å². The summed E-state index contributed by atoms with van der Waals surface area (Å²) in [7, 11) is 0. The van der Waals surface area contributed by atoms with Crippen LogP contribution in [0.2, 0.25) is 0 Å². The van der Waals surface area contributed by atoms with Crippen LogP contribution in [0, 0.1) is 0 Å². The number of rotatable bonds is 6. The molecule has 1 aliphatic rings. The van der Waals surface area contributed by atoms with Crippen molar-refractivity contribution in [1.29, 1.82) is 0 Å². The number of aliphatic carboxylic acids is 1. The Hall–Kier alpha value is -1.86. The first-order valence-electron chi connectivity index (χ1n) is 6.48. The van der Waals surface area contributed by atoms with Gasteiger partial charge in [-0.2, -0.15) is 0 Å². The van der Waals surface area contributed by atoms with Crippen molar-refractivity contribution in [3.05, 3.63) is 24.2 Å². The fraction of sp³-hybridized carbons (Fsp3) is 0.538. The van der Waals surface area contributed by atoms with Crippen LogP contribution in [0.25, 0.3) is 0 Å². The minimum Gasteiger partial charge on any atom is -0.481 e. The molecule has 7 nitrogen and oxygen atoms in total. The summed E-state index contributed by atoms with van der Waals surface area (Å²) in [5.74, 6) is -0.305. The predicted molar refractivity (Wildman–Crippen MR) is 69.0 cm³/mol. The van der Waals surface area contributed by atoms with Gasteiger partial charge in [-0.25, -0.2) is 0 Å². The van der Waals surface area contributed by atoms with Crippen LogP contribution >= 0.6 is 0 Å². The van der Waals surface area contributed by atoms with Gasteiger partial charge in [0.05, 0.1) is 38.5 Å². The fourth-order valence-corrected chi connectivity index (χ4v) is 2.10. The van der Waals surface area contributed by atoms with Gasteiger partial charge in [0.2, 0.25) is 5.91 Å². The Morgan fingerprint density at radius 1 is 1.50 bits per heavy atom. The summed E-state index contributed by atoms with van der Waals surface area (Å²) < 4.78 is 10.5. The van der Waals surface area contributed by atoms with Crippen LogP contribution in [0.15, 0.2) is 22.8 Å². The number of carboxylic acids is 1. The molecule has 1 aromatic rings. The molecule has 1 fully saturated rings. The standard InChI is InChI=1S/C13H18N2O5/c16-12(14-7-10-2-1-4-19-10)9-15-3-5-20-11(8-15)6-13(17)18/h1-2,4,11H,3,5-9H2,(H,14,16)(H,17,18). The van der Waals surface area contributed by atoms with E-state index in [2.05, 4.69) is 5.32 Å². The van der Waals surface area contributed by atoms with Crippen molar-refractivity contribution in [1.82, 2.24) is 10.2 Å². The molecule has 1 aliphatic heterocycles. The number of nitrogens with zero attached hydrogens (tertiary/aromatic N) is 1. The SMILES string of the molecule is O=C(O)CC1CN(CC(=O)NCc2ccco2)CCO1. The average Bonchev–Trinajstić information content (AvgIpc) is 2.89. The molecule has 0 aliphatic carbocycles. The second kappa shape index (κ2) is 7.06. The molecule has 1 amide bonds. The van der Waals surface area contributed by atoms with Crippen molar-refractivity contribution in [3.8, 4) is 0 Å². The number of amides is 1. The first kappa shape index (κ1) is 14.5. The molecule has 0 spiro atoms. The van der Waals surface area contributed by atoms with Crippen molar-refractivity contribution in [2.75, 3.05) is 26.2 Å². The quantitative estimate of drug-likeness (QED) is 0.767. The lowest BCUT2D eigenvalue weighted by Crippen LogP contribution is -2.47. The molecule has 2 N–H and O–H groups in total. The van der Waals surface area contributed by atoms with E-state index in [4.69, 9.17) is 14.3 Å². The lowest BCUT2D eigenvalue weighted by Gasteiger charge is -2.31. The summed E-state index contributed by atoms with van der Waals surface area (Å²) in [6.07, 6.45) is 1.17. The topological polar surface area (TPSA) is 92.0 Å². The molecule has 20 heavy (non-hydrogen) atoms. The number of nitrogens with one attached hydrogen (secondary N) is 1. The van der Waals surface area contributed by atoms with Crippen molar-refractivity contribution in [2.45, 2.75) is 19.1 Å². The van der Waals surface area contributed by atoms with Gasteiger partial charge in [0.15, 0.2) is 0 Å². The zero-order valence-electron chi connectivity index (χ0n) is 11.1. The maximum atomic E-state index is 11.8. The van der Waals surface area contributed by atoms with E-state index in [0.717, 1.165) is 0 Å². The minimum atomic E-state index is -0.890. The van der Waals surface area contributed by atoms with Crippen LogP contribution < -0.4 is 5.32 Å². The molecule has 1 atom stereocenters. The van der Waals surface area contributed by atoms with Gasteiger partial charge in [-0.15, -0.1) is 0 Å². The minimum absolute atomic E-state index is 0.0372. The summed E-state index contributed by atoms with van der Waals surface area (Å²) in [5.41, 5.74) is 0. The largest absolute Gasteiger partial charge is 0.481 e. The van der Waals surface area contributed by atoms with E-state index in [9.17, 15) is 9.59 Å². The van der Waals surface area contributed by atoms with Gasteiger partial charge < -0.3 is 19.6 Å². The maximum absolute atomic E-state index is 11.8. The van der Waals surface area contributed by atoms with E-state index < -0.39 is 5.97 Å². The van der Waals surface area contributed by atoms with E-state index >= 15 is 0 Å². The Bertz CT molecular complexity index is 446. The molecule has 2 heterocycles. The van der Waals surface area contributed by atoms with Crippen LogP contribution in [0.5, 0.6) is 0 Å². The van der Waals surface area contributed by atoms with E-state index in [1.165, 1.54) is 0 Å². The number of carbonyl (C=O) groups excluding carboxylic acids is 1. The summed E-state index contributed by atoms with van der Waals surface area (Å²) in [6, 6.07) is 3.55. The molecule has 1 saturated heterocycles. The number of hydrogen-bond donors (Lipinski definition) is 2. The summed E-state index contributed by atoms with van der Waals surface area (Å²) in [6.45, 7) is 2.13. The molecule has 2 rings (SSSR count). The van der Waals surface area contributed by atoms with Gasteiger partial charge >= 0.3 is 5.97 Å². The third-order valence-electron chi connectivity index (χ3n) is 3.03. The van der Waals surface area contributed by atoms with Gasteiger partial charge in [-0.05, 0) is 12.1 Å². The molecule has 0 radical (unpaired) electrons. The van der Waals surface area contributed by atoms with Gasteiger partial charge in [0.25, 0.3) is 0 Å². The molecule has 0 aromatic carbocycles. The highest BCUT2D eigenvalue weighted by atomic mass is 16.5. The number of furan rings is 1. The third-order valence-corrected chi connectivity index (χ3v) is 3.03. The van der Waals surface area contributed by atoms with E-state index in [1.54, 1.807) is 18.4 Å². The van der Waals surface area contributed by atoms with E-state index in [1.807, 2.05) is 4.90 Å². The highest BCUT2D eigenvalue weighted by Gasteiger charge is 2.23. The van der Waals surface area contributed by atoms with Crippen molar-refractivity contribution in [2.24, 2.45) is 0 Å². The van der Waals surface area contributed by atoms with Gasteiger partial charge in [0.1, 0.15) is 5.76 Å². The lowest BCUT2D eigenvalue weighted by atomic mass is 10.2. The average molecular weight is 282 g/mol. The van der Waals surface area contributed by atoms with Crippen molar-refractivity contribution >= 4 is 11.9 Å². The zero-order chi connectivity index (χ0) is 14.4. The third kappa shape index (κ3) is 4.67. The lowest BCUT2D eigenvalue weighted by molar-refractivity contribution is -0.142. The Kier molecular flexibility index (Phi) is 5.14. The summed E-state index contributed by atoms with van der Waals surface area (Å²) in [5, 5.41) is 11.5. The molecule has 1 unspecified atom stereocenters. The number of carboxylic acid groups (broad SMARTS) is 1. The molecule has 0 saturated carbocycles. The zero-order valence-corrected chi connectivity index (χ0v) is 11.1. The number of ether oxygens (including phenoxy) is 1. The second-order valence-electron chi connectivity index (χ2n) is 4.68. The maximum Gasteiger partial charge on any atom is 0.306 e. The van der Waals surface area contributed by atoms with Crippen molar-refractivity contribution < 1.29 is 23.8 Å². The normalized spacial score (nSPS) is 19.7. The Morgan fingerprint density at radius 3 is 3.05 bits per heavy atom. The highest BCUT2D eigenvalue weighted by molar-refractivity contribution is 5.78. The van der Waals surface area contributed by atoms with Crippen LogP contribution in [0.4, 0.5) is 0 Å². The number of hydrogen-bond acceptors (Lipinski definition) is 5. The van der Waals surface area contributed by atoms with Crippen LogP contribution in [0.3, 0.4) is 0 Å². The smallest absolute Gasteiger partial charge is 0.306 e. The monoisotopic (exact) mass is 282 g/mol. The Balaban J connectivity index is 1.71. The predicted octanol–water partition coefficient (Wildman–Crippen LogP) is 0.0713.